The van der Waals surface area contributed by atoms with Gasteiger partial charge in [0, 0.05) is 0 Å². The molecule has 0 bridgehead atoms. The minimum atomic E-state index is -3.64. The summed E-state index contributed by atoms with van der Waals surface area (Å²) in [4.78, 5) is 0. The molecule has 0 nitrogen and oxygen atoms in total. The van der Waals surface area contributed by atoms with Gasteiger partial charge in [0.15, 0.2) is 0 Å². The van der Waals surface area contributed by atoms with Crippen molar-refractivity contribution in [2.45, 2.75) is 166 Å². The van der Waals surface area contributed by atoms with Crippen molar-refractivity contribution in [2.75, 3.05) is 0 Å². The van der Waals surface area contributed by atoms with E-state index in [-0.39, 0.29) is 0 Å². The molecular formula is C72H88Si4. The molecule has 0 amide bonds. The number of hydrogen-bond acceptors (Lipinski definition) is 0. The Labute approximate surface area is 463 Å². The van der Waals surface area contributed by atoms with Crippen LogP contribution in [0.3, 0.4) is 0 Å². The van der Waals surface area contributed by atoms with Gasteiger partial charge in [0.25, 0.3) is 0 Å². The van der Waals surface area contributed by atoms with Gasteiger partial charge in [-0.05, 0) is 166 Å². The molecule has 4 heteroatoms. The average Bonchev–Trinajstić information content (AvgIpc) is 3.24. The molecule has 0 N–H and O–H groups in total. The molecule has 0 saturated carbocycles. The summed E-state index contributed by atoms with van der Waals surface area (Å²) in [5, 5.41) is 13.9. The predicted molar refractivity (Wildman–Crippen MR) is 345 cm³/mol. The maximum absolute atomic E-state index is 3.64. The normalized spacial score (nSPS) is 15.3. The third-order valence-electron chi connectivity index (χ3n) is 18.7. The smallest absolute Gasteiger partial charge is 0.0565 e. The molecule has 0 aromatic heterocycles. The van der Waals surface area contributed by atoms with Crippen LogP contribution in [0.15, 0.2) is 97.1 Å². The zero-order valence-electron chi connectivity index (χ0n) is 51.2. The molecule has 1 saturated heterocycles. The van der Waals surface area contributed by atoms with Gasteiger partial charge in [0.05, 0.1) is 0 Å². The van der Waals surface area contributed by atoms with Gasteiger partial charge >= 0.3 is 0 Å². The molecule has 0 aliphatic carbocycles. The fourth-order valence-corrected chi connectivity index (χ4v) is 149. The van der Waals surface area contributed by atoms with Crippen LogP contribution in [0.4, 0.5) is 0 Å². The summed E-state index contributed by atoms with van der Waals surface area (Å²) in [6.07, 6.45) is 0. The van der Waals surface area contributed by atoms with Gasteiger partial charge in [0.1, 0.15) is 28.4 Å². The van der Waals surface area contributed by atoms with Crippen molar-refractivity contribution >= 4 is 69.9 Å². The molecule has 1 heterocycles. The van der Waals surface area contributed by atoms with Crippen LogP contribution in [0.5, 0.6) is 0 Å². The molecule has 1 aliphatic heterocycles. The van der Waals surface area contributed by atoms with E-state index in [2.05, 4.69) is 263 Å². The Kier molecular flexibility index (Phi) is 14.0. The van der Waals surface area contributed by atoms with Crippen molar-refractivity contribution in [3.8, 4) is 0 Å². The van der Waals surface area contributed by atoms with E-state index in [0.29, 0.717) is 0 Å². The zero-order valence-corrected chi connectivity index (χ0v) is 55.2. The van der Waals surface area contributed by atoms with Gasteiger partial charge in [0.2, 0.25) is 0 Å². The first-order chi connectivity index (χ1) is 35.6. The summed E-state index contributed by atoms with van der Waals surface area (Å²) >= 11 is 0. The number of benzene rings is 8. The largest absolute Gasteiger partial charge is 0.122 e. The minimum Gasteiger partial charge on any atom is -0.0565 e. The first kappa shape index (κ1) is 55.4. The number of hydrogen-bond donors (Lipinski definition) is 0. The van der Waals surface area contributed by atoms with Crippen molar-refractivity contribution in [2.24, 2.45) is 0 Å². The quantitative estimate of drug-likeness (QED) is 0.133. The van der Waals surface area contributed by atoms with Crippen molar-refractivity contribution in [3.05, 3.63) is 231 Å². The van der Waals surface area contributed by atoms with Gasteiger partial charge in [-0.1, -0.05) is 272 Å². The van der Waals surface area contributed by atoms with Crippen LogP contribution in [0.2, 0.25) is 0 Å². The number of rotatable bonds is 8. The fourth-order valence-electron chi connectivity index (χ4n) is 18.7. The minimum absolute atomic E-state index is 1.36. The van der Waals surface area contributed by atoms with Gasteiger partial charge in [-0.15, -0.1) is 0 Å². The lowest BCUT2D eigenvalue weighted by Gasteiger charge is -2.81. The Morgan fingerprint density at radius 2 is 0.197 bits per heavy atom. The Morgan fingerprint density at radius 1 is 0.132 bits per heavy atom. The van der Waals surface area contributed by atoms with E-state index in [1.165, 1.54) is 134 Å². The molecule has 0 unspecified atom stereocenters. The fraction of sp³-hybridized carbons (Fsp3) is 0.333. The van der Waals surface area contributed by atoms with Crippen LogP contribution in [0.1, 0.15) is 134 Å². The Balaban J connectivity index is 1.97. The highest BCUT2D eigenvalue weighted by molar-refractivity contribution is 8.27. The Morgan fingerprint density at radius 3 is 0.263 bits per heavy atom. The van der Waals surface area contributed by atoms with E-state index in [4.69, 9.17) is 0 Å². The molecule has 0 spiro atoms. The highest BCUT2D eigenvalue weighted by Gasteiger charge is 2.96. The number of aryl methyl sites for hydroxylation is 24. The lowest BCUT2D eigenvalue weighted by atomic mass is 10.1. The second kappa shape index (κ2) is 19.2. The molecule has 0 atom stereocenters. The molecule has 1 fully saturated rings. The van der Waals surface area contributed by atoms with Gasteiger partial charge in [-0.25, -0.2) is 0 Å². The average molecular weight is 1070 g/mol. The zero-order chi connectivity index (χ0) is 55.8. The topological polar surface area (TPSA) is 0 Å². The maximum atomic E-state index is 2.63. The maximum Gasteiger partial charge on any atom is 0.122 e. The van der Waals surface area contributed by atoms with Gasteiger partial charge in [-0.3, -0.25) is 0 Å². The van der Waals surface area contributed by atoms with Crippen molar-refractivity contribution in [3.63, 3.8) is 0 Å². The van der Waals surface area contributed by atoms with E-state index in [1.54, 1.807) is 41.5 Å². The van der Waals surface area contributed by atoms with Crippen LogP contribution in [0, 0.1) is 166 Å². The summed E-state index contributed by atoms with van der Waals surface area (Å²) in [5.41, 5.74) is 34.7. The summed E-state index contributed by atoms with van der Waals surface area (Å²) in [6, 6.07) is 42.1. The van der Waals surface area contributed by atoms with Gasteiger partial charge in [-0.2, -0.15) is 0 Å². The summed E-state index contributed by atoms with van der Waals surface area (Å²) in [6.45, 7) is 60.0. The van der Waals surface area contributed by atoms with E-state index < -0.39 is 28.4 Å². The highest BCUT2D eigenvalue weighted by Crippen LogP contribution is 2.55. The van der Waals surface area contributed by atoms with Crippen LogP contribution >= 0.6 is 0 Å². The molecule has 8 aromatic rings. The van der Waals surface area contributed by atoms with Crippen LogP contribution in [-0.4, -0.2) is 28.4 Å². The monoisotopic (exact) mass is 1060 g/mol. The van der Waals surface area contributed by atoms with Crippen molar-refractivity contribution in [1.29, 1.82) is 0 Å². The first-order valence-corrected chi connectivity index (χ1v) is 40.2. The molecule has 76 heavy (non-hydrogen) atoms. The summed E-state index contributed by atoms with van der Waals surface area (Å²) in [7, 11) is -14.6. The summed E-state index contributed by atoms with van der Waals surface area (Å²) in [5.74, 6) is 0. The highest BCUT2D eigenvalue weighted by atomic mass is 30.2. The van der Waals surface area contributed by atoms with Crippen LogP contribution < -0.4 is 41.5 Å². The van der Waals surface area contributed by atoms with Gasteiger partial charge < -0.3 is 0 Å². The van der Waals surface area contributed by atoms with E-state index in [1.807, 2.05) is 0 Å². The third-order valence-corrected chi connectivity index (χ3v) is 97.0. The SMILES string of the molecule is Cc1cc(C)c([Si]2(c3c(C)cc(C)cc3C)[Si](c3c(C)cc(C)cc3C)(c3c(C)cc(C)cc3C)[Si](c3c(C)cc(C)cc3C)(c3c(C)cc(C)cc3C)[Si]2(c2c(C)cc(C)cc2C)c2c(C)cc(C)cc2C)c(C)c1. The molecule has 392 valence electrons. The third kappa shape index (κ3) is 7.35. The van der Waals surface area contributed by atoms with E-state index >= 15 is 0 Å². The molecule has 8 aromatic carbocycles. The lowest BCUT2D eigenvalue weighted by Crippen LogP contribution is -3.26. The van der Waals surface area contributed by atoms with Crippen LogP contribution in [-0.2, 0) is 0 Å². The second-order valence-corrected chi connectivity index (χ2v) is 59.2. The van der Waals surface area contributed by atoms with Crippen molar-refractivity contribution in [1.82, 2.24) is 0 Å². The van der Waals surface area contributed by atoms with E-state index in [9.17, 15) is 0 Å². The lowest BCUT2D eigenvalue weighted by molar-refractivity contribution is 1.31. The van der Waals surface area contributed by atoms with Crippen LogP contribution in [0.25, 0.3) is 0 Å². The Bertz CT molecular complexity index is 2840. The Hall–Kier alpha value is -5.37. The standard InChI is InChI=1S/C72H88Si4/c1-41-25-49(9)65(50(10)26-41)73(66-51(11)27-42(2)28-52(66)12)74(67-53(13)29-43(3)30-54(67)14,68-55(15)31-44(4)32-56(68)16)76(71-61(21)37-47(7)38-62(71)22,72-63(23)39-48(8)40-64(72)24)75(73,69-57(17)33-45(5)34-58(69)18)70-59(19)35-46(6)36-60(70)20/h25-40H,1-24H3. The predicted octanol–water partition coefficient (Wildman–Crippen LogP) is 12.8. The first-order valence-electron chi connectivity index (χ1n) is 28.2. The molecule has 1 aliphatic rings. The molecular weight excluding hydrogens is 977 g/mol. The van der Waals surface area contributed by atoms with E-state index in [0.717, 1.165) is 0 Å². The molecule has 0 radical (unpaired) electrons. The van der Waals surface area contributed by atoms with Crippen molar-refractivity contribution < 1.29 is 0 Å². The molecule has 9 rings (SSSR count). The second-order valence-electron chi connectivity index (χ2n) is 25.2. The summed E-state index contributed by atoms with van der Waals surface area (Å²) < 4.78 is 0.